The first-order valence-electron chi connectivity index (χ1n) is 11.8. The van der Waals surface area contributed by atoms with Crippen LogP contribution >= 0.6 is 0 Å². The number of carbonyl (C=O) groups is 2. The molecule has 0 bridgehead atoms. The zero-order chi connectivity index (χ0) is 24.8. The Bertz CT molecular complexity index is 1180. The van der Waals surface area contributed by atoms with Crippen LogP contribution in [0.5, 0.6) is 5.75 Å². The molecule has 0 radical (unpaired) electrons. The van der Waals surface area contributed by atoms with Crippen LogP contribution in [0.15, 0.2) is 36.5 Å². The van der Waals surface area contributed by atoms with Crippen LogP contribution in [-0.4, -0.2) is 55.4 Å². The molecular formula is C26H32N4O5. The van der Waals surface area contributed by atoms with Gasteiger partial charge in [0.15, 0.2) is 5.69 Å². The molecule has 0 unspecified atom stereocenters. The van der Waals surface area contributed by atoms with E-state index < -0.39 is 5.97 Å². The number of methoxy groups -OCH3 is 3. The van der Waals surface area contributed by atoms with Gasteiger partial charge in [0.05, 0.1) is 31.8 Å². The van der Waals surface area contributed by atoms with Crippen molar-refractivity contribution in [1.82, 2.24) is 9.55 Å². The number of hydrogen-bond acceptors (Lipinski definition) is 7. The normalized spacial score (nSPS) is 13.7. The summed E-state index contributed by atoms with van der Waals surface area (Å²) >= 11 is 0. The molecule has 0 saturated heterocycles. The van der Waals surface area contributed by atoms with E-state index in [4.69, 9.17) is 19.2 Å². The zero-order valence-corrected chi connectivity index (χ0v) is 20.4. The fraction of sp³-hybridized carbons (Fsp3) is 0.423. The maximum absolute atomic E-state index is 12.9. The minimum Gasteiger partial charge on any atom is -0.497 e. The van der Waals surface area contributed by atoms with Crippen molar-refractivity contribution in [3.05, 3.63) is 47.8 Å². The molecule has 35 heavy (non-hydrogen) atoms. The van der Waals surface area contributed by atoms with Crippen LogP contribution in [0.25, 0.3) is 11.0 Å². The number of aromatic nitrogens is 2. The Kier molecular flexibility index (Phi) is 7.87. The second-order valence-corrected chi connectivity index (χ2v) is 8.67. The lowest BCUT2D eigenvalue weighted by Gasteiger charge is -2.13. The van der Waals surface area contributed by atoms with E-state index >= 15 is 0 Å². The first-order valence-corrected chi connectivity index (χ1v) is 11.8. The predicted molar refractivity (Wildman–Crippen MR) is 134 cm³/mol. The number of nitrogens with zero attached hydrogens (tertiary/aromatic N) is 2. The quantitative estimate of drug-likeness (QED) is 0.423. The minimum absolute atomic E-state index is 0.132. The fourth-order valence-electron chi connectivity index (χ4n) is 4.60. The van der Waals surface area contributed by atoms with Crippen LogP contribution in [0.1, 0.15) is 41.7 Å². The molecular weight excluding hydrogens is 448 g/mol. The standard InChI is InChI=1S/C26H32N4O5/c1-33-16-22(31)29-23-21-14-19(28-18-6-4-5-7-18)15-27-25(21)30(24(23)26(32)35-3)13-12-17-8-10-20(34-2)11-9-17/h8-11,14-15,18,28H,4-7,12-13,16H2,1-3H3,(H,29,31). The zero-order valence-electron chi connectivity index (χ0n) is 20.4. The molecule has 3 aromatic rings. The van der Waals surface area contributed by atoms with Gasteiger partial charge in [0, 0.05) is 25.1 Å². The number of pyridine rings is 1. The molecule has 1 saturated carbocycles. The first-order chi connectivity index (χ1) is 17.0. The van der Waals surface area contributed by atoms with Gasteiger partial charge in [-0.25, -0.2) is 9.78 Å². The Labute approximate surface area is 204 Å². The molecule has 186 valence electrons. The average molecular weight is 481 g/mol. The number of nitrogens with one attached hydrogen (secondary N) is 2. The van der Waals surface area contributed by atoms with Gasteiger partial charge in [0.2, 0.25) is 5.91 Å². The third-order valence-electron chi connectivity index (χ3n) is 6.33. The number of anilines is 2. The van der Waals surface area contributed by atoms with Gasteiger partial charge in [-0.15, -0.1) is 0 Å². The third-order valence-corrected chi connectivity index (χ3v) is 6.33. The molecule has 9 nitrogen and oxygen atoms in total. The van der Waals surface area contributed by atoms with Gasteiger partial charge in [0.25, 0.3) is 0 Å². The van der Waals surface area contributed by atoms with Gasteiger partial charge < -0.3 is 29.4 Å². The van der Waals surface area contributed by atoms with E-state index in [-0.39, 0.29) is 18.2 Å². The topological polar surface area (TPSA) is 104 Å². The molecule has 9 heteroatoms. The Balaban J connectivity index is 1.75. The largest absolute Gasteiger partial charge is 0.497 e. The number of ether oxygens (including phenoxy) is 3. The second-order valence-electron chi connectivity index (χ2n) is 8.67. The molecule has 2 aromatic heterocycles. The molecule has 2 N–H and O–H groups in total. The number of hydrogen-bond donors (Lipinski definition) is 2. The van der Waals surface area contributed by atoms with Crippen molar-refractivity contribution in [2.45, 2.75) is 44.7 Å². The fourth-order valence-corrected chi connectivity index (χ4v) is 4.60. The van der Waals surface area contributed by atoms with Gasteiger partial charge in [-0.05, 0) is 43.0 Å². The maximum atomic E-state index is 12.9. The molecule has 2 heterocycles. The molecule has 1 fully saturated rings. The minimum atomic E-state index is -0.546. The predicted octanol–water partition coefficient (Wildman–Crippen LogP) is 4.01. The Morgan fingerprint density at radius 2 is 1.86 bits per heavy atom. The molecule has 1 amide bonds. The summed E-state index contributed by atoms with van der Waals surface area (Å²) in [5, 5.41) is 7.07. The SMILES string of the molecule is COCC(=O)Nc1c(C(=O)OC)n(CCc2ccc(OC)cc2)c2ncc(NC3CCCC3)cc12. The summed E-state index contributed by atoms with van der Waals surface area (Å²) in [6, 6.07) is 10.1. The van der Waals surface area contributed by atoms with Gasteiger partial charge in [0.1, 0.15) is 18.0 Å². The molecule has 1 aliphatic carbocycles. The third kappa shape index (κ3) is 5.57. The van der Waals surface area contributed by atoms with Crippen LogP contribution in [-0.2, 0) is 27.2 Å². The molecule has 0 aliphatic heterocycles. The van der Waals surface area contributed by atoms with Crippen molar-refractivity contribution in [3.63, 3.8) is 0 Å². The Morgan fingerprint density at radius 3 is 2.51 bits per heavy atom. The Hall–Kier alpha value is -3.59. The van der Waals surface area contributed by atoms with Gasteiger partial charge >= 0.3 is 5.97 Å². The lowest BCUT2D eigenvalue weighted by Crippen LogP contribution is -2.20. The van der Waals surface area contributed by atoms with Crippen LogP contribution in [0.4, 0.5) is 11.4 Å². The van der Waals surface area contributed by atoms with Crippen LogP contribution in [0.2, 0.25) is 0 Å². The van der Waals surface area contributed by atoms with E-state index in [1.165, 1.54) is 27.1 Å². The van der Waals surface area contributed by atoms with E-state index in [1.807, 2.05) is 34.9 Å². The molecule has 0 spiro atoms. The summed E-state index contributed by atoms with van der Waals surface area (Å²) in [4.78, 5) is 30.1. The lowest BCUT2D eigenvalue weighted by molar-refractivity contribution is -0.119. The summed E-state index contributed by atoms with van der Waals surface area (Å²) in [7, 11) is 4.41. The second kappa shape index (κ2) is 11.2. The van der Waals surface area contributed by atoms with Gasteiger partial charge in [-0.2, -0.15) is 0 Å². The average Bonchev–Trinajstić information content (AvgIpc) is 3.49. The molecule has 1 aromatic carbocycles. The molecule has 1 aliphatic rings. The van der Waals surface area contributed by atoms with Gasteiger partial charge in [-0.1, -0.05) is 25.0 Å². The van der Waals surface area contributed by atoms with Crippen molar-refractivity contribution in [2.75, 3.05) is 38.6 Å². The van der Waals surface area contributed by atoms with E-state index in [0.717, 1.165) is 29.8 Å². The number of aryl methyl sites for hydroxylation is 2. The number of fused-ring (bicyclic) bond motifs is 1. The molecule has 0 atom stereocenters. The van der Waals surface area contributed by atoms with E-state index in [1.54, 1.807) is 13.3 Å². The van der Waals surface area contributed by atoms with Gasteiger partial charge in [-0.3, -0.25) is 4.79 Å². The van der Waals surface area contributed by atoms with E-state index in [9.17, 15) is 9.59 Å². The number of esters is 1. The highest BCUT2D eigenvalue weighted by molar-refractivity contribution is 6.11. The first kappa shape index (κ1) is 24.5. The van der Waals surface area contributed by atoms with E-state index in [2.05, 4.69) is 10.6 Å². The highest BCUT2D eigenvalue weighted by Crippen LogP contribution is 2.34. The van der Waals surface area contributed by atoms with Crippen LogP contribution in [0, 0.1) is 0 Å². The number of amides is 1. The number of benzene rings is 1. The highest BCUT2D eigenvalue weighted by Gasteiger charge is 2.26. The van der Waals surface area contributed by atoms with Crippen LogP contribution < -0.4 is 15.4 Å². The van der Waals surface area contributed by atoms with Crippen molar-refractivity contribution in [2.24, 2.45) is 0 Å². The van der Waals surface area contributed by atoms with Crippen molar-refractivity contribution < 1.29 is 23.8 Å². The van der Waals surface area contributed by atoms with Crippen molar-refractivity contribution in [3.8, 4) is 5.75 Å². The lowest BCUT2D eigenvalue weighted by atomic mass is 10.1. The summed E-state index contributed by atoms with van der Waals surface area (Å²) in [6.45, 7) is 0.336. The van der Waals surface area contributed by atoms with Crippen LogP contribution in [0.3, 0.4) is 0 Å². The van der Waals surface area contributed by atoms with Crippen molar-refractivity contribution >= 4 is 34.3 Å². The van der Waals surface area contributed by atoms with E-state index in [0.29, 0.717) is 35.7 Å². The molecule has 4 rings (SSSR count). The highest BCUT2D eigenvalue weighted by atomic mass is 16.5. The summed E-state index contributed by atoms with van der Waals surface area (Å²) in [5.41, 5.74) is 3.17. The summed E-state index contributed by atoms with van der Waals surface area (Å²) in [6.07, 6.45) is 7.08. The number of rotatable bonds is 10. The smallest absolute Gasteiger partial charge is 0.356 e. The number of carbonyl (C=O) groups excluding carboxylic acids is 2. The maximum Gasteiger partial charge on any atom is 0.356 e. The monoisotopic (exact) mass is 480 g/mol. The van der Waals surface area contributed by atoms with Crippen molar-refractivity contribution in [1.29, 1.82) is 0 Å². The summed E-state index contributed by atoms with van der Waals surface area (Å²) < 4.78 is 17.1. The Morgan fingerprint density at radius 1 is 1.11 bits per heavy atom. The summed E-state index contributed by atoms with van der Waals surface area (Å²) in [5.74, 6) is -0.126.